The topological polar surface area (TPSA) is 29.4 Å². The SMILES string of the molecule is C/C=C(\C(=C/C(C)=O)C(C)C)c1cc(CCC)ccc1C(=NC)c1ccc(C)cc1. The second-order valence-electron chi connectivity index (χ2n) is 8.14. The van der Waals surface area contributed by atoms with E-state index in [1.54, 1.807) is 13.0 Å². The fourth-order valence-electron chi connectivity index (χ4n) is 3.83. The van der Waals surface area contributed by atoms with Gasteiger partial charge in [-0.2, -0.15) is 0 Å². The van der Waals surface area contributed by atoms with Crippen LogP contribution in [0.5, 0.6) is 0 Å². The van der Waals surface area contributed by atoms with Crippen LogP contribution in [0.15, 0.2) is 65.2 Å². The van der Waals surface area contributed by atoms with Crippen molar-refractivity contribution in [3.63, 3.8) is 0 Å². The minimum atomic E-state index is 0.0761. The van der Waals surface area contributed by atoms with Gasteiger partial charge in [-0.05, 0) is 61.5 Å². The van der Waals surface area contributed by atoms with Crippen LogP contribution in [-0.4, -0.2) is 18.5 Å². The first kappa shape index (κ1) is 23.5. The molecule has 30 heavy (non-hydrogen) atoms. The summed E-state index contributed by atoms with van der Waals surface area (Å²) < 4.78 is 0. The molecule has 0 bridgehead atoms. The third kappa shape index (κ3) is 5.66. The molecule has 0 aliphatic rings. The highest BCUT2D eigenvalue weighted by atomic mass is 16.1. The lowest BCUT2D eigenvalue weighted by atomic mass is 9.83. The lowest BCUT2D eigenvalue weighted by molar-refractivity contribution is -0.112. The molecule has 0 atom stereocenters. The zero-order valence-corrected chi connectivity index (χ0v) is 19.5. The van der Waals surface area contributed by atoms with Crippen LogP contribution < -0.4 is 0 Å². The Bertz CT molecular complexity index is 972. The molecule has 0 heterocycles. The molecule has 2 rings (SSSR count). The second kappa shape index (κ2) is 10.9. The first-order valence-electron chi connectivity index (χ1n) is 10.9. The maximum atomic E-state index is 12.0. The van der Waals surface area contributed by atoms with Crippen LogP contribution in [0.4, 0.5) is 0 Å². The summed E-state index contributed by atoms with van der Waals surface area (Å²) >= 11 is 0. The molecule has 2 aromatic rings. The van der Waals surface area contributed by atoms with Gasteiger partial charge < -0.3 is 0 Å². The Morgan fingerprint density at radius 1 is 1.07 bits per heavy atom. The number of aryl methyl sites for hydroxylation is 2. The quantitative estimate of drug-likeness (QED) is 0.266. The monoisotopic (exact) mass is 401 g/mol. The van der Waals surface area contributed by atoms with Crippen molar-refractivity contribution in [3.8, 4) is 0 Å². The Labute approximate surface area is 182 Å². The number of carbonyl (C=O) groups is 1. The van der Waals surface area contributed by atoms with Gasteiger partial charge in [-0.3, -0.25) is 9.79 Å². The van der Waals surface area contributed by atoms with Crippen molar-refractivity contribution in [1.29, 1.82) is 0 Å². The predicted molar refractivity (Wildman–Crippen MR) is 130 cm³/mol. The first-order valence-corrected chi connectivity index (χ1v) is 10.9. The minimum absolute atomic E-state index is 0.0761. The third-order valence-corrected chi connectivity index (χ3v) is 5.30. The molecule has 2 heteroatoms. The molecule has 0 aliphatic carbocycles. The highest BCUT2D eigenvalue weighted by Gasteiger charge is 2.19. The molecule has 2 aromatic carbocycles. The van der Waals surface area contributed by atoms with Gasteiger partial charge >= 0.3 is 0 Å². The van der Waals surface area contributed by atoms with Crippen molar-refractivity contribution < 1.29 is 4.79 Å². The van der Waals surface area contributed by atoms with E-state index in [1.807, 2.05) is 7.05 Å². The van der Waals surface area contributed by atoms with Gasteiger partial charge in [0.15, 0.2) is 5.78 Å². The van der Waals surface area contributed by atoms with E-state index < -0.39 is 0 Å². The number of hydrogen-bond donors (Lipinski definition) is 0. The number of benzene rings is 2. The van der Waals surface area contributed by atoms with Crippen molar-refractivity contribution >= 4 is 17.1 Å². The molecule has 0 amide bonds. The molecule has 2 nitrogen and oxygen atoms in total. The van der Waals surface area contributed by atoms with Gasteiger partial charge in [0.25, 0.3) is 0 Å². The Morgan fingerprint density at radius 2 is 1.73 bits per heavy atom. The molecule has 0 radical (unpaired) electrons. The van der Waals surface area contributed by atoms with Crippen molar-refractivity contribution in [2.45, 2.75) is 54.4 Å². The van der Waals surface area contributed by atoms with E-state index in [2.05, 4.69) is 88.2 Å². The van der Waals surface area contributed by atoms with Crippen molar-refractivity contribution in [2.24, 2.45) is 10.9 Å². The normalized spacial score (nSPS) is 13.1. The smallest absolute Gasteiger partial charge is 0.152 e. The van der Waals surface area contributed by atoms with Gasteiger partial charge in [0.1, 0.15) is 0 Å². The van der Waals surface area contributed by atoms with E-state index in [0.29, 0.717) is 0 Å². The number of nitrogens with zero attached hydrogens (tertiary/aromatic N) is 1. The van der Waals surface area contributed by atoms with Crippen molar-refractivity contribution in [3.05, 3.63) is 88.0 Å². The average Bonchev–Trinajstić information content (AvgIpc) is 2.71. The molecule has 0 aliphatic heterocycles. The maximum absolute atomic E-state index is 12.0. The van der Waals surface area contributed by atoms with Gasteiger partial charge in [0, 0.05) is 18.2 Å². The molecule has 0 N–H and O–H groups in total. The molecule has 0 saturated heterocycles. The van der Waals surface area contributed by atoms with Gasteiger partial charge in [0.2, 0.25) is 0 Å². The highest BCUT2D eigenvalue weighted by Crippen LogP contribution is 2.33. The third-order valence-electron chi connectivity index (χ3n) is 5.30. The zero-order chi connectivity index (χ0) is 22.3. The predicted octanol–water partition coefficient (Wildman–Crippen LogP) is 6.99. The van der Waals surface area contributed by atoms with Crippen LogP contribution in [-0.2, 0) is 11.2 Å². The molecular formula is C28H35NO. The van der Waals surface area contributed by atoms with Crippen LogP contribution in [0, 0.1) is 12.8 Å². The molecular weight excluding hydrogens is 366 g/mol. The zero-order valence-electron chi connectivity index (χ0n) is 19.5. The number of carbonyl (C=O) groups excluding carboxylic acids is 1. The maximum Gasteiger partial charge on any atom is 0.152 e. The lowest BCUT2D eigenvalue weighted by Crippen LogP contribution is -2.10. The van der Waals surface area contributed by atoms with Crippen molar-refractivity contribution in [2.75, 3.05) is 7.05 Å². The summed E-state index contributed by atoms with van der Waals surface area (Å²) in [4.78, 5) is 16.7. The van der Waals surface area contributed by atoms with Crippen LogP contribution >= 0.6 is 0 Å². The summed E-state index contributed by atoms with van der Waals surface area (Å²) in [6, 6.07) is 15.2. The number of hydrogen-bond acceptors (Lipinski definition) is 2. The van der Waals surface area contributed by atoms with Crippen LogP contribution in [0.1, 0.15) is 68.9 Å². The van der Waals surface area contributed by atoms with Gasteiger partial charge in [0.05, 0.1) is 5.71 Å². The van der Waals surface area contributed by atoms with E-state index >= 15 is 0 Å². The van der Waals surface area contributed by atoms with Crippen LogP contribution in [0.25, 0.3) is 5.57 Å². The van der Waals surface area contributed by atoms with E-state index in [4.69, 9.17) is 0 Å². The number of rotatable bonds is 8. The minimum Gasteiger partial charge on any atom is -0.295 e. The molecule has 0 fully saturated rings. The van der Waals surface area contributed by atoms with E-state index in [9.17, 15) is 4.79 Å². The Balaban J connectivity index is 2.76. The molecule has 0 unspecified atom stereocenters. The summed E-state index contributed by atoms with van der Waals surface area (Å²) in [5.74, 6) is 0.316. The second-order valence-corrected chi connectivity index (χ2v) is 8.14. The number of allylic oxidation sites excluding steroid dienone is 4. The summed E-state index contributed by atoms with van der Waals surface area (Å²) in [6.45, 7) is 12.2. The van der Waals surface area contributed by atoms with Gasteiger partial charge in [-0.15, -0.1) is 0 Å². The molecule has 0 saturated carbocycles. The number of ketones is 1. The summed E-state index contributed by atoms with van der Waals surface area (Å²) in [6.07, 6.45) is 6.04. The van der Waals surface area contributed by atoms with E-state index in [0.717, 1.165) is 46.4 Å². The molecule has 0 spiro atoms. The van der Waals surface area contributed by atoms with Crippen molar-refractivity contribution in [1.82, 2.24) is 0 Å². The van der Waals surface area contributed by atoms with Gasteiger partial charge in [-0.1, -0.05) is 81.3 Å². The Kier molecular flexibility index (Phi) is 8.53. The standard InChI is InChI=1S/C28H35NO/c1-8-10-22-13-16-25(28(29-7)23-14-11-20(5)12-15-23)27(18-22)24(9-2)26(19(3)4)17-21(6)30/h9,11-19H,8,10H2,1-7H3/b24-9+,26-17-,29-28?. The van der Waals surface area contributed by atoms with E-state index in [1.165, 1.54) is 11.1 Å². The van der Waals surface area contributed by atoms with Crippen LogP contribution in [0.2, 0.25) is 0 Å². The van der Waals surface area contributed by atoms with E-state index in [-0.39, 0.29) is 11.7 Å². The summed E-state index contributed by atoms with van der Waals surface area (Å²) in [5, 5.41) is 0. The first-order chi connectivity index (χ1) is 14.3. The highest BCUT2D eigenvalue weighted by molar-refractivity contribution is 6.16. The molecule has 0 aromatic heterocycles. The Hall–Kier alpha value is -2.74. The average molecular weight is 402 g/mol. The molecule has 158 valence electrons. The van der Waals surface area contributed by atoms with Crippen LogP contribution in [0.3, 0.4) is 0 Å². The largest absolute Gasteiger partial charge is 0.295 e. The lowest BCUT2D eigenvalue weighted by Gasteiger charge is -2.21. The van der Waals surface area contributed by atoms with Gasteiger partial charge in [-0.25, -0.2) is 0 Å². The fourth-order valence-corrected chi connectivity index (χ4v) is 3.83. The number of aliphatic imine (C=N–C) groups is 1. The fraction of sp³-hybridized carbons (Fsp3) is 0.357. The Morgan fingerprint density at radius 3 is 2.23 bits per heavy atom. The summed E-state index contributed by atoms with van der Waals surface area (Å²) in [7, 11) is 1.85. The summed E-state index contributed by atoms with van der Waals surface area (Å²) in [5.41, 5.74) is 9.04.